The lowest BCUT2D eigenvalue weighted by atomic mass is 9.78. The van der Waals surface area contributed by atoms with E-state index in [-0.39, 0.29) is 6.54 Å². The zero-order valence-electron chi connectivity index (χ0n) is 17.7. The van der Waals surface area contributed by atoms with E-state index in [4.69, 9.17) is 14.1 Å². The molecule has 8 heteroatoms. The third-order valence-corrected chi connectivity index (χ3v) is 4.10. The van der Waals surface area contributed by atoms with E-state index in [1.807, 2.05) is 44.2 Å². The van der Waals surface area contributed by atoms with Gasteiger partial charge in [-0.2, -0.15) is 0 Å². The summed E-state index contributed by atoms with van der Waals surface area (Å²) in [5.41, 5.74) is 2.20. The van der Waals surface area contributed by atoms with Gasteiger partial charge < -0.3 is 19.2 Å². The van der Waals surface area contributed by atoms with Crippen LogP contribution in [0.5, 0.6) is 5.75 Å². The topological polar surface area (TPSA) is 91.1 Å². The second kappa shape index (κ2) is 14.3. The lowest BCUT2D eigenvalue weighted by Crippen LogP contribution is -2.30. The molecule has 0 saturated carbocycles. The molecule has 3 rings (SSSR count). The van der Waals surface area contributed by atoms with Gasteiger partial charge in [0, 0.05) is 16.8 Å². The van der Waals surface area contributed by atoms with Crippen LogP contribution in [0.15, 0.2) is 61.7 Å². The van der Waals surface area contributed by atoms with Crippen LogP contribution in [0.3, 0.4) is 0 Å². The molecule has 1 aliphatic heterocycles. The highest BCUT2D eigenvalue weighted by molar-refractivity contribution is 6.62. The van der Waals surface area contributed by atoms with Crippen LogP contribution in [0.25, 0.3) is 0 Å². The summed E-state index contributed by atoms with van der Waals surface area (Å²) in [6, 6.07) is 15.1. The van der Waals surface area contributed by atoms with Gasteiger partial charge in [-0.05, 0) is 17.2 Å². The molecular formula is C22H30BNO6. The number of fused-ring (bicyclic) bond motifs is 1. The maximum atomic E-state index is 10.7. The molecule has 0 radical (unpaired) electrons. The molecule has 30 heavy (non-hydrogen) atoms. The number of nitro groups is 1. The molecule has 1 atom stereocenters. The Morgan fingerprint density at radius 2 is 1.83 bits per heavy atom. The van der Waals surface area contributed by atoms with Crippen LogP contribution in [-0.4, -0.2) is 36.8 Å². The van der Waals surface area contributed by atoms with E-state index in [2.05, 4.69) is 13.2 Å². The molecule has 0 amide bonds. The second-order valence-electron chi connectivity index (χ2n) is 5.99. The van der Waals surface area contributed by atoms with Crippen molar-refractivity contribution >= 4 is 12.6 Å². The summed E-state index contributed by atoms with van der Waals surface area (Å²) < 4.78 is 16.6. The summed E-state index contributed by atoms with van der Waals surface area (Å²) in [4.78, 5) is 10.3. The van der Waals surface area contributed by atoms with E-state index in [1.54, 1.807) is 18.2 Å². The average molecular weight is 415 g/mol. The molecule has 1 aliphatic rings. The number of hydrogen-bond acceptors (Lipinski definition) is 6. The van der Waals surface area contributed by atoms with Crippen molar-refractivity contribution in [2.75, 3.05) is 19.8 Å². The Balaban J connectivity index is 0.00000106. The van der Waals surface area contributed by atoms with Crippen LogP contribution in [0.4, 0.5) is 0 Å². The largest absolute Gasteiger partial charge is 0.496 e. The minimum absolute atomic E-state index is 0.388. The number of rotatable bonds is 9. The van der Waals surface area contributed by atoms with Crippen molar-refractivity contribution in [1.29, 1.82) is 0 Å². The summed E-state index contributed by atoms with van der Waals surface area (Å²) in [5, 5.41) is 20.8. The highest BCUT2D eigenvalue weighted by atomic mass is 16.6. The van der Waals surface area contributed by atoms with Gasteiger partial charge in [-0.15, -0.1) is 13.2 Å². The van der Waals surface area contributed by atoms with Crippen molar-refractivity contribution in [2.24, 2.45) is 0 Å². The third-order valence-electron chi connectivity index (χ3n) is 4.10. The predicted molar refractivity (Wildman–Crippen MR) is 119 cm³/mol. The Hall–Kier alpha value is -2.68. The molecular weight excluding hydrogens is 385 g/mol. The summed E-state index contributed by atoms with van der Waals surface area (Å²) >= 11 is 0. The molecule has 162 valence electrons. The van der Waals surface area contributed by atoms with Crippen molar-refractivity contribution in [3.63, 3.8) is 0 Å². The molecule has 1 heterocycles. The van der Waals surface area contributed by atoms with Gasteiger partial charge in [0.25, 0.3) is 0 Å². The average Bonchev–Trinajstić information content (AvgIpc) is 3.09. The fraction of sp³-hybridized carbons (Fsp3) is 0.364. The zero-order chi connectivity index (χ0) is 22.4. The van der Waals surface area contributed by atoms with Crippen molar-refractivity contribution in [3.05, 3.63) is 82.9 Å². The molecule has 0 spiro atoms. The smallest absolute Gasteiger partial charge is 0.494 e. The Morgan fingerprint density at radius 1 is 1.13 bits per heavy atom. The quantitative estimate of drug-likeness (QED) is 0.222. The molecule has 0 fully saturated rings. The monoisotopic (exact) mass is 415 g/mol. The Kier molecular flexibility index (Phi) is 12.1. The normalized spacial score (nSPS) is 14.0. The zero-order valence-corrected chi connectivity index (χ0v) is 17.7. The first kappa shape index (κ1) is 25.4. The van der Waals surface area contributed by atoms with E-state index < -0.39 is 18.1 Å². The van der Waals surface area contributed by atoms with E-state index in [0.29, 0.717) is 43.0 Å². The van der Waals surface area contributed by atoms with Crippen LogP contribution in [0.1, 0.15) is 37.5 Å². The van der Waals surface area contributed by atoms with Gasteiger partial charge in [0.2, 0.25) is 6.54 Å². The van der Waals surface area contributed by atoms with Crippen molar-refractivity contribution < 1.29 is 24.1 Å². The first-order valence-electron chi connectivity index (χ1n) is 9.97. The van der Waals surface area contributed by atoms with Crippen molar-refractivity contribution in [2.45, 2.75) is 33.0 Å². The van der Waals surface area contributed by atoms with Gasteiger partial charge in [-0.1, -0.05) is 56.3 Å². The molecule has 7 nitrogen and oxygen atoms in total. The molecule has 0 aromatic heterocycles. The van der Waals surface area contributed by atoms with Crippen molar-refractivity contribution in [1.82, 2.24) is 0 Å². The number of ether oxygens (including phenoxy) is 2. The van der Waals surface area contributed by atoms with E-state index in [9.17, 15) is 15.1 Å². The minimum atomic E-state index is -1.21. The maximum Gasteiger partial charge on any atom is 0.496 e. The van der Waals surface area contributed by atoms with Crippen LogP contribution in [0.2, 0.25) is 0 Å². The molecule has 2 aromatic carbocycles. The maximum absolute atomic E-state index is 10.7. The number of hydrogen-bond donors (Lipinski definition) is 1. The molecule has 1 unspecified atom stereocenters. The van der Waals surface area contributed by atoms with Crippen LogP contribution in [-0.2, 0) is 16.0 Å². The van der Waals surface area contributed by atoms with Gasteiger partial charge in [-0.3, -0.25) is 10.1 Å². The molecule has 0 bridgehead atoms. The SMILES string of the molecule is C=C.CC.O=[N+]([O-])CC1OB(O)c2c(OCCCOCc3ccccc3)cccc21. The Labute approximate surface area is 178 Å². The highest BCUT2D eigenvalue weighted by Crippen LogP contribution is 2.27. The fourth-order valence-electron chi connectivity index (χ4n) is 2.91. The molecule has 0 aliphatic carbocycles. The minimum Gasteiger partial charge on any atom is -0.494 e. The van der Waals surface area contributed by atoms with Gasteiger partial charge in [0.1, 0.15) is 11.9 Å². The van der Waals surface area contributed by atoms with Gasteiger partial charge in [0.05, 0.1) is 19.8 Å². The van der Waals surface area contributed by atoms with Gasteiger partial charge >= 0.3 is 7.12 Å². The summed E-state index contributed by atoms with van der Waals surface area (Å²) in [5.74, 6) is 0.490. The second-order valence-corrected chi connectivity index (χ2v) is 5.99. The summed E-state index contributed by atoms with van der Waals surface area (Å²) in [6.45, 7) is 11.1. The van der Waals surface area contributed by atoms with E-state index in [1.165, 1.54) is 0 Å². The van der Waals surface area contributed by atoms with E-state index in [0.717, 1.165) is 5.56 Å². The number of benzene rings is 2. The number of nitrogens with zero attached hydrogens (tertiary/aromatic N) is 1. The highest BCUT2D eigenvalue weighted by Gasteiger charge is 2.40. The van der Waals surface area contributed by atoms with Crippen LogP contribution >= 0.6 is 0 Å². The van der Waals surface area contributed by atoms with E-state index >= 15 is 0 Å². The van der Waals surface area contributed by atoms with Gasteiger partial charge in [0.15, 0.2) is 0 Å². The lowest BCUT2D eigenvalue weighted by Gasteiger charge is -2.11. The fourth-order valence-corrected chi connectivity index (χ4v) is 2.91. The van der Waals surface area contributed by atoms with Gasteiger partial charge in [-0.25, -0.2) is 0 Å². The summed E-state index contributed by atoms with van der Waals surface area (Å²) in [6.07, 6.45) is -0.0704. The third kappa shape index (κ3) is 7.63. The first-order valence-corrected chi connectivity index (χ1v) is 9.97. The lowest BCUT2D eigenvalue weighted by molar-refractivity contribution is -0.490. The summed E-state index contributed by atoms with van der Waals surface area (Å²) in [7, 11) is -1.21. The van der Waals surface area contributed by atoms with Crippen LogP contribution in [0, 0.1) is 10.1 Å². The predicted octanol–water partition coefficient (Wildman–Crippen LogP) is 3.54. The Bertz CT molecular complexity index is 759. The molecule has 0 saturated heterocycles. The van der Waals surface area contributed by atoms with Crippen LogP contribution < -0.4 is 10.2 Å². The molecule has 1 N–H and O–H groups in total. The first-order chi connectivity index (χ1) is 14.6. The standard InChI is InChI=1S/C18H20BNO6.C2H6.C2H4/c21-19-18-15(17(26-19)12-20(22)23)8-4-9-16(18)25-11-5-10-24-13-14-6-2-1-3-7-14;2*1-2/h1-4,6-9,17,21H,5,10-13H2;1-2H3;1-2H2. The Morgan fingerprint density at radius 3 is 2.50 bits per heavy atom. The molecule has 2 aromatic rings. The van der Waals surface area contributed by atoms with Crippen molar-refractivity contribution in [3.8, 4) is 5.75 Å².